The van der Waals surface area contributed by atoms with E-state index in [9.17, 15) is 13.6 Å². The van der Waals surface area contributed by atoms with Gasteiger partial charge in [-0.05, 0) is 42.7 Å². The molecule has 0 spiro atoms. The average molecular weight is 507 g/mol. The fourth-order valence-electron chi connectivity index (χ4n) is 3.84. The van der Waals surface area contributed by atoms with Crippen molar-refractivity contribution in [3.63, 3.8) is 0 Å². The lowest BCUT2D eigenvalue weighted by atomic mass is 10.0. The molecule has 0 aliphatic heterocycles. The summed E-state index contributed by atoms with van der Waals surface area (Å²) in [4.78, 5) is 15.3. The predicted octanol–water partition coefficient (Wildman–Crippen LogP) is 5.55. The number of nitrogens with zero attached hydrogens (tertiary/aromatic N) is 4. The smallest absolute Gasteiger partial charge is 0.268 e. The van der Waals surface area contributed by atoms with Gasteiger partial charge in [-0.15, -0.1) is 0 Å². The Bertz CT molecular complexity index is 1330. The van der Waals surface area contributed by atoms with Crippen LogP contribution in [0, 0.1) is 6.92 Å². The maximum atomic E-state index is 13.6. The molecule has 0 fully saturated rings. The van der Waals surface area contributed by atoms with Crippen LogP contribution in [0.3, 0.4) is 0 Å². The molecule has 4 aromatic rings. The zero-order chi connectivity index (χ0) is 24.9. The highest BCUT2D eigenvalue weighted by molar-refractivity contribution is 7.81. The highest BCUT2D eigenvalue weighted by atomic mass is 32.2. The van der Waals surface area contributed by atoms with Gasteiger partial charge in [0.15, 0.2) is 5.82 Å². The van der Waals surface area contributed by atoms with Gasteiger partial charge < -0.3 is 4.90 Å². The molecule has 1 N–H and O–H groups in total. The summed E-state index contributed by atoms with van der Waals surface area (Å²) in [6.07, 6.45) is 0.445. The van der Waals surface area contributed by atoms with Gasteiger partial charge in [0, 0.05) is 13.5 Å². The van der Waals surface area contributed by atoms with Gasteiger partial charge in [-0.3, -0.25) is 9.35 Å². The van der Waals surface area contributed by atoms with Crippen LogP contribution in [0.1, 0.15) is 45.7 Å². The third kappa shape index (κ3) is 5.48. The van der Waals surface area contributed by atoms with E-state index in [1.54, 1.807) is 24.1 Å². The number of aryl methyl sites for hydroxylation is 1. The highest BCUT2D eigenvalue weighted by Gasteiger charge is 2.29. The number of hydrogen-bond donors (Lipinski definition) is 1. The monoisotopic (exact) mass is 506 g/mol. The van der Waals surface area contributed by atoms with E-state index in [0.29, 0.717) is 23.4 Å². The molecule has 2 unspecified atom stereocenters. The fraction of sp³-hybridized carbons (Fsp3) is 0.192. The molecular formula is C26H26N4O3S2. The Labute approximate surface area is 211 Å². The Morgan fingerprint density at radius 1 is 1.03 bits per heavy atom. The number of hydrogen-bond acceptors (Lipinski definition) is 5. The van der Waals surface area contributed by atoms with Crippen LogP contribution in [0.5, 0.6) is 0 Å². The van der Waals surface area contributed by atoms with E-state index < -0.39 is 11.3 Å². The Kier molecular flexibility index (Phi) is 7.70. The van der Waals surface area contributed by atoms with Crippen LogP contribution in [0.25, 0.3) is 0 Å². The van der Waals surface area contributed by atoms with Gasteiger partial charge in [0.1, 0.15) is 5.69 Å². The maximum absolute atomic E-state index is 13.6. The van der Waals surface area contributed by atoms with E-state index in [2.05, 4.69) is 8.75 Å². The lowest BCUT2D eigenvalue weighted by Crippen LogP contribution is -2.32. The van der Waals surface area contributed by atoms with Crippen LogP contribution in [-0.4, -0.2) is 35.4 Å². The van der Waals surface area contributed by atoms with Gasteiger partial charge in [0.05, 0.1) is 29.0 Å². The van der Waals surface area contributed by atoms with Crippen molar-refractivity contribution in [2.45, 2.75) is 26.3 Å². The normalized spacial score (nSPS) is 12.7. The van der Waals surface area contributed by atoms with Gasteiger partial charge in [0.25, 0.3) is 17.2 Å². The van der Waals surface area contributed by atoms with Crippen molar-refractivity contribution < 1.29 is 13.6 Å². The van der Waals surface area contributed by atoms with Crippen molar-refractivity contribution in [1.82, 2.24) is 13.6 Å². The number of carbonyl (C=O) groups is 1. The highest BCUT2D eigenvalue weighted by Crippen LogP contribution is 2.34. The molecule has 0 aliphatic carbocycles. The van der Waals surface area contributed by atoms with Crippen molar-refractivity contribution >= 4 is 40.4 Å². The number of aromatic nitrogens is 2. The zero-order valence-corrected chi connectivity index (χ0v) is 21.3. The van der Waals surface area contributed by atoms with Gasteiger partial charge >= 0.3 is 0 Å². The molecule has 35 heavy (non-hydrogen) atoms. The van der Waals surface area contributed by atoms with Crippen LogP contribution in [0.4, 0.5) is 11.5 Å². The second kappa shape index (κ2) is 10.9. The van der Waals surface area contributed by atoms with E-state index >= 15 is 0 Å². The van der Waals surface area contributed by atoms with Crippen LogP contribution < -0.4 is 4.31 Å². The van der Waals surface area contributed by atoms with E-state index in [1.165, 1.54) is 4.31 Å². The lowest BCUT2D eigenvalue weighted by Gasteiger charge is -2.28. The minimum atomic E-state index is -2.48. The molecule has 3 aromatic carbocycles. The second-order valence-corrected chi connectivity index (χ2v) is 9.60. The zero-order valence-electron chi connectivity index (χ0n) is 19.7. The Hall–Kier alpha value is -3.40. The summed E-state index contributed by atoms with van der Waals surface area (Å²) in [5.74, 6) is -0.00213. The molecule has 9 heteroatoms. The van der Waals surface area contributed by atoms with Crippen LogP contribution in [-0.2, 0) is 17.7 Å². The van der Waals surface area contributed by atoms with Gasteiger partial charge in [-0.2, -0.15) is 8.75 Å². The average Bonchev–Trinajstić information content (AvgIpc) is 3.31. The van der Waals surface area contributed by atoms with Crippen LogP contribution >= 0.6 is 11.7 Å². The van der Waals surface area contributed by atoms with Crippen molar-refractivity contribution in [3.8, 4) is 0 Å². The van der Waals surface area contributed by atoms with Gasteiger partial charge in [-0.25, -0.2) is 8.51 Å². The SMILES string of the molecule is Cc1ccc(C(=O)N(C)C(C)c2ccccc2)c(N(c2nsnc2Cc2ccccc2)S(=O)O)c1. The van der Waals surface area contributed by atoms with Crippen molar-refractivity contribution in [1.29, 1.82) is 0 Å². The van der Waals surface area contributed by atoms with Crippen molar-refractivity contribution in [2.24, 2.45) is 0 Å². The van der Waals surface area contributed by atoms with Gasteiger partial charge in [0.2, 0.25) is 0 Å². The molecule has 0 aliphatic rings. The maximum Gasteiger partial charge on any atom is 0.268 e. The van der Waals surface area contributed by atoms with E-state index in [4.69, 9.17) is 0 Å². The van der Waals surface area contributed by atoms with E-state index in [1.807, 2.05) is 80.6 Å². The molecule has 0 saturated carbocycles. The summed E-state index contributed by atoms with van der Waals surface area (Å²) in [6.45, 7) is 3.82. The minimum absolute atomic E-state index is 0.194. The fourth-order valence-corrected chi connectivity index (χ4v) is 5.06. The summed E-state index contributed by atoms with van der Waals surface area (Å²) in [7, 11) is 1.73. The number of carbonyl (C=O) groups excluding carboxylic acids is 1. The number of amides is 1. The van der Waals surface area contributed by atoms with Crippen LogP contribution in [0.15, 0.2) is 78.9 Å². The van der Waals surface area contributed by atoms with Crippen LogP contribution in [0.2, 0.25) is 0 Å². The van der Waals surface area contributed by atoms with E-state index in [-0.39, 0.29) is 17.8 Å². The largest absolute Gasteiger partial charge is 0.335 e. The molecule has 1 amide bonds. The first-order valence-electron chi connectivity index (χ1n) is 11.1. The Morgan fingerprint density at radius 2 is 1.69 bits per heavy atom. The molecule has 1 heterocycles. The third-order valence-corrected chi connectivity index (χ3v) is 7.12. The second-order valence-electron chi connectivity index (χ2n) is 8.25. The minimum Gasteiger partial charge on any atom is -0.335 e. The van der Waals surface area contributed by atoms with Crippen molar-refractivity contribution in [2.75, 3.05) is 11.4 Å². The first-order chi connectivity index (χ1) is 16.9. The Balaban J connectivity index is 1.74. The van der Waals surface area contributed by atoms with Crippen molar-refractivity contribution in [3.05, 3.63) is 107 Å². The molecular weight excluding hydrogens is 480 g/mol. The Morgan fingerprint density at radius 3 is 2.34 bits per heavy atom. The first kappa shape index (κ1) is 24.7. The van der Waals surface area contributed by atoms with E-state index in [0.717, 1.165) is 28.4 Å². The number of rotatable bonds is 8. The topological polar surface area (TPSA) is 86.6 Å². The lowest BCUT2D eigenvalue weighted by molar-refractivity contribution is 0.0743. The number of benzene rings is 3. The predicted molar refractivity (Wildman–Crippen MR) is 140 cm³/mol. The third-order valence-electron chi connectivity index (χ3n) is 5.89. The number of anilines is 2. The summed E-state index contributed by atoms with van der Waals surface area (Å²) >= 11 is -1.51. The molecule has 4 rings (SSSR count). The summed E-state index contributed by atoms with van der Waals surface area (Å²) in [5, 5.41) is 0. The standard InChI is InChI=1S/C26H26N4O3S2/c1-18-14-15-22(26(31)29(3)19(2)21-12-8-5-9-13-21)24(16-18)30(35(32)33)25-23(27-34-28-25)17-20-10-6-4-7-11-20/h4-16,19H,17H2,1-3H3,(H,32,33). The molecule has 0 saturated heterocycles. The molecule has 0 radical (unpaired) electrons. The molecule has 180 valence electrons. The molecule has 0 bridgehead atoms. The summed E-state index contributed by atoms with van der Waals surface area (Å²) < 4.78 is 32.9. The molecule has 2 atom stereocenters. The molecule has 1 aromatic heterocycles. The van der Waals surface area contributed by atoms with Gasteiger partial charge in [-0.1, -0.05) is 66.7 Å². The molecule has 7 nitrogen and oxygen atoms in total. The first-order valence-corrected chi connectivity index (χ1v) is 12.9. The summed E-state index contributed by atoms with van der Waals surface area (Å²) in [5.41, 5.74) is 4.02. The summed E-state index contributed by atoms with van der Waals surface area (Å²) in [6, 6.07) is 24.5. The quantitative estimate of drug-likeness (QED) is 0.317.